The fourth-order valence-corrected chi connectivity index (χ4v) is 4.44. The molecule has 0 aliphatic heterocycles. The van der Waals surface area contributed by atoms with Gasteiger partial charge in [-0.2, -0.15) is 0 Å². The maximum Gasteiger partial charge on any atom is 0.232 e. The fraction of sp³-hybridized carbons (Fsp3) is 0.192. The average molecular weight is 477 g/mol. The molecule has 8 heteroatoms. The Morgan fingerprint density at radius 2 is 1.79 bits per heavy atom. The minimum absolute atomic E-state index is 0.0300. The number of nitrogens with zero attached hydrogens (tertiary/aromatic N) is 2. The van der Waals surface area contributed by atoms with Crippen LogP contribution in [0, 0.1) is 0 Å². The van der Waals surface area contributed by atoms with E-state index in [0.29, 0.717) is 27.9 Å². The molecule has 0 aliphatic rings. The second-order valence-corrected chi connectivity index (χ2v) is 10.4. The van der Waals surface area contributed by atoms with E-state index < -0.39 is 10.0 Å². The number of benzene rings is 3. The summed E-state index contributed by atoms with van der Waals surface area (Å²) in [5.41, 5.74) is 4.91. The molecule has 0 radical (unpaired) electrons. The van der Waals surface area contributed by atoms with Crippen molar-refractivity contribution in [3.8, 4) is 5.88 Å². The summed E-state index contributed by atoms with van der Waals surface area (Å²) in [5, 5.41) is 11.6. The average Bonchev–Trinajstić information content (AvgIpc) is 3.12. The van der Waals surface area contributed by atoms with Crippen LogP contribution in [-0.4, -0.2) is 49.0 Å². The summed E-state index contributed by atoms with van der Waals surface area (Å²) in [6, 6.07) is 22.7. The summed E-state index contributed by atoms with van der Waals surface area (Å²) >= 11 is 0. The number of H-pyrrole nitrogens is 1. The second-order valence-electron chi connectivity index (χ2n) is 8.35. The molecule has 3 aromatic carbocycles. The van der Waals surface area contributed by atoms with Gasteiger partial charge < -0.3 is 15.0 Å². The third-order valence-electron chi connectivity index (χ3n) is 5.37. The molecule has 4 rings (SSSR count). The first-order valence-electron chi connectivity index (χ1n) is 11.0. The molecule has 7 nitrogen and oxygen atoms in total. The Morgan fingerprint density at radius 3 is 2.50 bits per heavy atom. The van der Waals surface area contributed by atoms with E-state index in [9.17, 15) is 13.5 Å². The second kappa shape index (κ2) is 9.70. The molecule has 4 aromatic rings. The van der Waals surface area contributed by atoms with Gasteiger partial charge in [0, 0.05) is 28.7 Å². The van der Waals surface area contributed by atoms with E-state index in [-0.39, 0.29) is 11.6 Å². The summed E-state index contributed by atoms with van der Waals surface area (Å²) in [6.07, 6.45) is 0. The smallest absolute Gasteiger partial charge is 0.232 e. The lowest BCUT2D eigenvalue weighted by Gasteiger charge is -2.11. The van der Waals surface area contributed by atoms with Crippen LogP contribution in [0.3, 0.4) is 0 Å². The Bertz CT molecular complexity index is 1440. The molecule has 0 saturated carbocycles. The number of rotatable bonds is 8. The van der Waals surface area contributed by atoms with E-state index in [0.717, 1.165) is 23.4 Å². The first kappa shape index (κ1) is 23.5. The van der Waals surface area contributed by atoms with Gasteiger partial charge in [0.05, 0.1) is 22.7 Å². The number of fused-ring (bicyclic) bond motifs is 1. The molecular weight excluding hydrogens is 448 g/mol. The van der Waals surface area contributed by atoms with E-state index in [1.165, 1.54) is 0 Å². The number of aromatic amines is 1. The van der Waals surface area contributed by atoms with Crippen LogP contribution in [0.15, 0.2) is 77.8 Å². The molecule has 1 aromatic heterocycles. The van der Waals surface area contributed by atoms with Crippen molar-refractivity contribution in [2.24, 2.45) is 4.99 Å². The number of nitrogens with one attached hydrogen (secondary N) is 2. The molecule has 0 aliphatic carbocycles. The van der Waals surface area contributed by atoms with Crippen molar-refractivity contribution in [3.05, 3.63) is 89.5 Å². The highest BCUT2D eigenvalue weighted by Crippen LogP contribution is 2.33. The molecule has 0 bridgehead atoms. The van der Waals surface area contributed by atoms with E-state index in [1.807, 2.05) is 62.6 Å². The van der Waals surface area contributed by atoms with Crippen LogP contribution in [0.4, 0.5) is 11.4 Å². The highest BCUT2D eigenvalue weighted by atomic mass is 32.2. The number of sulfonamides is 1. The third kappa shape index (κ3) is 5.30. The van der Waals surface area contributed by atoms with Crippen LogP contribution in [-0.2, 0) is 16.6 Å². The monoisotopic (exact) mass is 476 g/mol. The van der Waals surface area contributed by atoms with Crippen LogP contribution in [0.25, 0.3) is 10.9 Å². The van der Waals surface area contributed by atoms with Crippen molar-refractivity contribution < 1.29 is 13.5 Å². The normalized spacial score (nSPS) is 12.4. The van der Waals surface area contributed by atoms with Crippen LogP contribution in [0.5, 0.6) is 5.88 Å². The van der Waals surface area contributed by atoms with Gasteiger partial charge in [-0.05, 0) is 56.9 Å². The zero-order valence-corrected chi connectivity index (χ0v) is 20.2. The maximum atomic E-state index is 12.1. The van der Waals surface area contributed by atoms with Gasteiger partial charge in [0.25, 0.3) is 0 Å². The van der Waals surface area contributed by atoms with Gasteiger partial charge in [-0.25, -0.2) is 13.4 Å². The molecular formula is C26H28N4O3S. The Hall–Kier alpha value is -3.62. The van der Waals surface area contributed by atoms with E-state index in [2.05, 4.69) is 20.7 Å². The Kier molecular flexibility index (Phi) is 6.72. The Balaban J connectivity index is 1.90. The molecule has 3 N–H and O–H groups in total. The van der Waals surface area contributed by atoms with Gasteiger partial charge in [-0.15, -0.1) is 0 Å². The van der Waals surface area contributed by atoms with Crippen LogP contribution in [0.1, 0.15) is 23.6 Å². The standard InChI is InChI=1S/C26H28N4O3S/c1-4-34(32,33)29-21-13-14-23-22(16-21)24(26(31)28-23)25(19-10-6-5-7-11-19)27-20-12-8-9-18(15-20)17-30(2)3/h5-16,28-29,31H,4,17H2,1-3H3. The molecule has 0 amide bonds. The predicted octanol–water partition coefficient (Wildman–Crippen LogP) is 4.87. The molecule has 1 heterocycles. The SMILES string of the molecule is CCS(=O)(=O)Nc1ccc2[nH]c(O)c(C(=Nc3cccc(CN(C)C)c3)c3ccccc3)c2c1. The van der Waals surface area contributed by atoms with Crippen molar-refractivity contribution in [3.63, 3.8) is 0 Å². The zero-order valence-electron chi connectivity index (χ0n) is 19.4. The minimum Gasteiger partial charge on any atom is -0.494 e. The number of hydrogen-bond donors (Lipinski definition) is 3. The van der Waals surface area contributed by atoms with Gasteiger partial charge in [0.2, 0.25) is 10.0 Å². The maximum absolute atomic E-state index is 12.1. The summed E-state index contributed by atoms with van der Waals surface area (Å²) < 4.78 is 26.8. The van der Waals surface area contributed by atoms with E-state index in [1.54, 1.807) is 25.1 Å². The molecule has 0 atom stereocenters. The molecule has 0 saturated heterocycles. The molecule has 0 spiro atoms. The van der Waals surface area contributed by atoms with Crippen molar-refractivity contribution in [2.75, 3.05) is 24.6 Å². The van der Waals surface area contributed by atoms with E-state index in [4.69, 9.17) is 4.99 Å². The molecule has 34 heavy (non-hydrogen) atoms. The Morgan fingerprint density at radius 1 is 1.03 bits per heavy atom. The van der Waals surface area contributed by atoms with Crippen LogP contribution in [0.2, 0.25) is 0 Å². The molecule has 176 valence electrons. The number of aromatic hydroxyl groups is 1. The lowest BCUT2D eigenvalue weighted by Crippen LogP contribution is -2.14. The van der Waals surface area contributed by atoms with Gasteiger partial charge in [0.15, 0.2) is 5.88 Å². The van der Waals surface area contributed by atoms with Crippen LogP contribution >= 0.6 is 0 Å². The molecule has 0 unspecified atom stereocenters. The number of hydrogen-bond acceptors (Lipinski definition) is 5. The van der Waals surface area contributed by atoms with Gasteiger partial charge >= 0.3 is 0 Å². The van der Waals surface area contributed by atoms with Gasteiger partial charge in [-0.1, -0.05) is 42.5 Å². The molecule has 0 fully saturated rings. The van der Waals surface area contributed by atoms with Crippen molar-refractivity contribution in [1.29, 1.82) is 0 Å². The predicted molar refractivity (Wildman–Crippen MR) is 139 cm³/mol. The number of aromatic nitrogens is 1. The third-order valence-corrected chi connectivity index (χ3v) is 6.67. The first-order chi connectivity index (χ1) is 16.3. The summed E-state index contributed by atoms with van der Waals surface area (Å²) in [5.74, 6) is -0.0615. The number of anilines is 1. The zero-order chi connectivity index (χ0) is 24.3. The van der Waals surface area contributed by atoms with Crippen LogP contribution < -0.4 is 4.72 Å². The Labute approximate surface area is 199 Å². The van der Waals surface area contributed by atoms with Gasteiger partial charge in [-0.3, -0.25) is 4.72 Å². The largest absolute Gasteiger partial charge is 0.494 e. The summed E-state index contributed by atoms with van der Waals surface area (Å²) in [6.45, 7) is 2.36. The lowest BCUT2D eigenvalue weighted by molar-refractivity contribution is 0.402. The fourth-order valence-electron chi connectivity index (χ4n) is 3.81. The summed E-state index contributed by atoms with van der Waals surface area (Å²) in [7, 11) is 0.587. The highest BCUT2D eigenvalue weighted by Gasteiger charge is 2.20. The topological polar surface area (TPSA) is 97.8 Å². The van der Waals surface area contributed by atoms with Crippen molar-refractivity contribution in [2.45, 2.75) is 13.5 Å². The lowest BCUT2D eigenvalue weighted by atomic mass is 10.0. The number of aliphatic imine (C=N–C) groups is 1. The first-order valence-corrected chi connectivity index (χ1v) is 12.6. The van der Waals surface area contributed by atoms with Crippen molar-refractivity contribution >= 4 is 38.0 Å². The van der Waals surface area contributed by atoms with Gasteiger partial charge in [0.1, 0.15) is 0 Å². The quantitative estimate of drug-likeness (QED) is 0.316. The highest BCUT2D eigenvalue weighted by molar-refractivity contribution is 7.92. The van der Waals surface area contributed by atoms with Crippen molar-refractivity contribution in [1.82, 2.24) is 9.88 Å². The summed E-state index contributed by atoms with van der Waals surface area (Å²) in [4.78, 5) is 10.0. The minimum atomic E-state index is -3.44. The van der Waals surface area contributed by atoms with E-state index >= 15 is 0 Å².